The second-order valence-electron chi connectivity index (χ2n) is 5.51. The van der Waals surface area contributed by atoms with Crippen molar-refractivity contribution >= 4 is 23.1 Å². The zero-order valence-corrected chi connectivity index (χ0v) is 13.7. The van der Waals surface area contributed by atoms with Gasteiger partial charge in [-0.1, -0.05) is 6.92 Å². The summed E-state index contributed by atoms with van der Waals surface area (Å²) in [6, 6.07) is 3.09. The molecule has 1 N–H and O–H groups in total. The van der Waals surface area contributed by atoms with E-state index in [0.717, 1.165) is 12.4 Å². The van der Waals surface area contributed by atoms with Crippen molar-refractivity contribution in [1.82, 2.24) is 20.1 Å². The standard InChI is InChI=1S/C14H20N4S2/c1-9(2)18-8-16-17-13(18)7-15-12-6-10(3)20-14-11(12)4-5-19-14/h4-5,8-10,12,15H,6-7H2,1-3H3/t10-,12?/m0/s1. The molecule has 20 heavy (non-hydrogen) atoms. The Kier molecular flexibility index (Phi) is 4.14. The van der Waals surface area contributed by atoms with Gasteiger partial charge in [-0.3, -0.25) is 0 Å². The highest BCUT2D eigenvalue weighted by molar-refractivity contribution is 8.01. The van der Waals surface area contributed by atoms with E-state index < -0.39 is 0 Å². The molecular formula is C14H20N4S2. The lowest BCUT2D eigenvalue weighted by molar-refractivity contribution is 0.461. The lowest BCUT2D eigenvalue weighted by atomic mass is 10.0. The molecule has 2 aromatic rings. The van der Waals surface area contributed by atoms with Gasteiger partial charge in [0, 0.05) is 17.3 Å². The SMILES string of the molecule is CC(C)n1cnnc1CNC1C[C@H](C)Sc2sccc21. The van der Waals surface area contributed by atoms with Gasteiger partial charge in [0.1, 0.15) is 12.2 Å². The molecule has 6 heteroatoms. The maximum absolute atomic E-state index is 4.23. The molecule has 0 aromatic carbocycles. The van der Waals surface area contributed by atoms with Gasteiger partial charge in [0.05, 0.1) is 10.8 Å². The highest BCUT2D eigenvalue weighted by atomic mass is 32.2. The molecule has 3 rings (SSSR count). The van der Waals surface area contributed by atoms with Crippen molar-refractivity contribution in [1.29, 1.82) is 0 Å². The maximum Gasteiger partial charge on any atom is 0.147 e. The van der Waals surface area contributed by atoms with E-state index in [1.807, 2.05) is 29.4 Å². The van der Waals surface area contributed by atoms with Crippen LogP contribution in [0.1, 0.15) is 50.7 Å². The Hall–Kier alpha value is -0.850. The summed E-state index contributed by atoms with van der Waals surface area (Å²) in [6.45, 7) is 7.39. The van der Waals surface area contributed by atoms with Crippen molar-refractivity contribution in [2.75, 3.05) is 0 Å². The van der Waals surface area contributed by atoms with E-state index in [1.54, 1.807) is 0 Å². The second-order valence-corrected chi connectivity index (χ2v) is 8.13. The van der Waals surface area contributed by atoms with Crippen molar-refractivity contribution in [2.45, 2.75) is 55.3 Å². The first-order chi connectivity index (χ1) is 9.65. The minimum Gasteiger partial charge on any atom is -0.314 e. The molecule has 0 spiro atoms. The fourth-order valence-electron chi connectivity index (χ4n) is 2.58. The van der Waals surface area contributed by atoms with Gasteiger partial charge >= 0.3 is 0 Å². The summed E-state index contributed by atoms with van der Waals surface area (Å²) >= 11 is 3.85. The Morgan fingerprint density at radius 2 is 2.35 bits per heavy atom. The van der Waals surface area contributed by atoms with Crippen LogP contribution in [-0.2, 0) is 6.54 Å². The highest BCUT2D eigenvalue weighted by Gasteiger charge is 2.26. The predicted octanol–water partition coefficient (Wildman–Crippen LogP) is 3.64. The van der Waals surface area contributed by atoms with Gasteiger partial charge in [-0.25, -0.2) is 0 Å². The molecule has 1 aliphatic heterocycles. The molecular weight excluding hydrogens is 288 g/mol. The summed E-state index contributed by atoms with van der Waals surface area (Å²) in [5.41, 5.74) is 1.45. The number of hydrogen-bond acceptors (Lipinski definition) is 5. The van der Waals surface area contributed by atoms with Gasteiger partial charge in [-0.15, -0.1) is 33.3 Å². The van der Waals surface area contributed by atoms with E-state index in [9.17, 15) is 0 Å². The van der Waals surface area contributed by atoms with Crippen LogP contribution < -0.4 is 5.32 Å². The van der Waals surface area contributed by atoms with Crippen LogP contribution in [0.15, 0.2) is 22.0 Å². The summed E-state index contributed by atoms with van der Waals surface area (Å²) < 4.78 is 3.59. The Labute approximate surface area is 128 Å². The number of nitrogens with one attached hydrogen (secondary N) is 1. The molecule has 2 atom stereocenters. The third-order valence-corrected chi connectivity index (χ3v) is 5.96. The number of fused-ring (bicyclic) bond motifs is 1. The molecule has 108 valence electrons. The smallest absolute Gasteiger partial charge is 0.147 e. The molecule has 0 fully saturated rings. The molecule has 3 heterocycles. The zero-order chi connectivity index (χ0) is 14.1. The molecule has 4 nitrogen and oxygen atoms in total. The van der Waals surface area contributed by atoms with Crippen LogP contribution in [0.3, 0.4) is 0 Å². The summed E-state index contributed by atoms with van der Waals surface area (Å²) in [5.74, 6) is 1.02. The van der Waals surface area contributed by atoms with Crippen LogP contribution in [0.2, 0.25) is 0 Å². The molecule has 0 saturated heterocycles. The van der Waals surface area contributed by atoms with E-state index in [-0.39, 0.29) is 0 Å². The third-order valence-electron chi connectivity index (χ3n) is 3.62. The Balaban J connectivity index is 1.72. The van der Waals surface area contributed by atoms with Crippen molar-refractivity contribution in [3.8, 4) is 0 Å². The molecule has 1 unspecified atom stereocenters. The number of aromatic nitrogens is 3. The number of hydrogen-bond donors (Lipinski definition) is 1. The molecule has 0 aliphatic carbocycles. The van der Waals surface area contributed by atoms with Gasteiger partial charge in [0.15, 0.2) is 0 Å². The quantitative estimate of drug-likeness (QED) is 0.936. The van der Waals surface area contributed by atoms with Crippen LogP contribution in [-0.4, -0.2) is 20.0 Å². The third kappa shape index (κ3) is 2.77. The summed E-state index contributed by atoms with van der Waals surface area (Å²) in [6.07, 6.45) is 2.99. The Morgan fingerprint density at radius 1 is 1.50 bits per heavy atom. The molecule has 0 bridgehead atoms. The number of rotatable bonds is 4. The van der Waals surface area contributed by atoms with Crippen LogP contribution in [0.5, 0.6) is 0 Å². The first-order valence-corrected chi connectivity index (χ1v) is 8.77. The fraction of sp³-hybridized carbons (Fsp3) is 0.571. The van der Waals surface area contributed by atoms with Gasteiger partial charge in [-0.05, 0) is 37.3 Å². The Morgan fingerprint density at radius 3 is 3.15 bits per heavy atom. The largest absolute Gasteiger partial charge is 0.314 e. The van der Waals surface area contributed by atoms with Gasteiger partial charge < -0.3 is 9.88 Å². The molecule has 2 aromatic heterocycles. The summed E-state index contributed by atoms with van der Waals surface area (Å²) in [4.78, 5) is 0. The molecule has 0 amide bonds. The lowest BCUT2D eigenvalue weighted by Crippen LogP contribution is -2.27. The van der Waals surface area contributed by atoms with Crippen LogP contribution in [0.25, 0.3) is 0 Å². The predicted molar refractivity (Wildman–Crippen MR) is 84.2 cm³/mol. The number of thioether (sulfide) groups is 1. The fourth-order valence-corrected chi connectivity index (χ4v) is 5.15. The molecule has 1 aliphatic rings. The average Bonchev–Trinajstić information content (AvgIpc) is 3.03. The minimum absolute atomic E-state index is 0.402. The molecule has 0 saturated carbocycles. The minimum atomic E-state index is 0.402. The molecule has 0 radical (unpaired) electrons. The van der Waals surface area contributed by atoms with Crippen molar-refractivity contribution in [3.05, 3.63) is 29.2 Å². The normalized spacial score (nSPS) is 22.2. The van der Waals surface area contributed by atoms with Crippen molar-refractivity contribution in [3.63, 3.8) is 0 Å². The zero-order valence-electron chi connectivity index (χ0n) is 12.0. The second kappa shape index (κ2) is 5.87. The first-order valence-electron chi connectivity index (χ1n) is 7.01. The van der Waals surface area contributed by atoms with E-state index in [2.05, 4.69) is 52.3 Å². The topological polar surface area (TPSA) is 42.7 Å². The van der Waals surface area contributed by atoms with Gasteiger partial charge in [0.25, 0.3) is 0 Å². The lowest BCUT2D eigenvalue weighted by Gasteiger charge is -2.27. The maximum atomic E-state index is 4.23. The van der Waals surface area contributed by atoms with Gasteiger partial charge in [-0.2, -0.15) is 0 Å². The number of nitrogens with zero attached hydrogens (tertiary/aromatic N) is 3. The van der Waals surface area contributed by atoms with Crippen molar-refractivity contribution in [2.24, 2.45) is 0 Å². The van der Waals surface area contributed by atoms with Crippen LogP contribution in [0, 0.1) is 0 Å². The summed E-state index contributed by atoms with van der Waals surface area (Å²) in [7, 11) is 0. The summed E-state index contributed by atoms with van der Waals surface area (Å²) in [5, 5.41) is 14.8. The number of thiophene rings is 1. The van der Waals surface area contributed by atoms with Crippen molar-refractivity contribution < 1.29 is 0 Å². The average molecular weight is 308 g/mol. The van der Waals surface area contributed by atoms with E-state index in [0.29, 0.717) is 17.3 Å². The highest BCUT2D eigenvalue weighted by Crippen LogP contribution is 2.43. The van der Waals surface area contributed by atoms with Crippen LogP contribution in [0.4, 0.5) is 0 Å². The van der Waals surface area contributed by atoms with Crippen LogP contribution >= 0.6 is 23.1 Å². The van der Waals surface area contributed by atoms with E-state index >= 15 is 0 Å². The van der Waals surface area contributed by atoms with E-state index in [1.165, 1.54) is 16.2 Å². The first kappa shape index (κ1) is 14.1. The Bertz CT molecular complexity index is 575. The van der Waals surface area contributed by atoms with Gasteiger partial charge in [0.2, 0.25) is 0 Å². The monoisotopic (exact) mass is 308 g/mol. The van der Waals surface area contributed by atoms with E-state index in [4.69, 9.17) is 0 Å².